The number of nitrogens with zero attached hydrogens (tertiary/aromatic N) is 6. The van der Waals surface area contributed by atoms with Crippen LogP contribution in [-0.4, -0.2) is 43.7 Å². The number of anilines is 5. The van der Waals surface area contributed by atoms with Crippen LogP contribution in [0.3, 0.4) is 0 Å². The van der Waals surface area contributed by atoms with Crippen LogP contribution >= 0.6 is 11.5 Å². The predicted octanol–water partition coefficient (Wildman–Crippen LogP) is 9.80. The zero-order chi connectivity index (χ0) is 33.1. The van der Waals surface area contributed by atoms with Crippen LogP contribution in [0.15, 0.2) is 112 Å². The Morgan fingerprint density at radius 3 is 1.89 bits per heavy atom. The Labute approximate surface area is 279 Å². The molecule has 0 saturated carbocycles. The van der Waals surface area contributed by atoms with Gasteiger partial charge in [0, 0.05) is 81.7 Å². The van der Waals surface area contributed by atoms with Gasteiger partial charge < -0.3 is 15.1 Å². The van der Waals surface area contributed by atoms with Crippen LogP contribution in [0.4, 0.5) is 39.3 Å². The summed E-state index contributed by atoms with van der Waals surface area (Å²) in [5.74, 6) is -0.0640. The number of hydrogen-bond donors (Lipinski definition) is 1. The van der Waals surface area contributed by atoms with Crippen LogP contribution in [0.1, 0.15) is 27.2 Å². The van der Waals surface area contributed by atoms with Crippen molar-refractivity contribution >= 4 is 82.2 Å². The highest BCUT2D eigenvalue weighted by atomic mass is 32.2. The van der Waals surface area contributed by atoms with Gasteiger partial charge in [-0.2, -0.15) is 9.36 Å². The molecule has 0 spiro atoms. The zero-order valence-electron chi connectivity index (χ0n) is 27.0. The average Bonchev–Trinajstić information content (AvgIpc) is 3.60. The molecule has 1 N–H and O–H groups in total. The molecule has 0 radical (unpaired) electrons. The minimum absolute atomic E-state index is 0.0640. The van der Waals surface area contributed by atoms with E-state index in [4.69, 9.17) is 0 Å². The third-order valence-corrected chi connectivity index (χ3v) is 10.6. The van der Waals surface area contributed by atoms with Gasteiger partial charge in [-0.3, -0.25) is 0 Å². The third-order valence-electron chi connectivity index (χ3n) is 8.42. The second kappa shape index (κ2) is 13.5. The molecule has 0 aliphatic carbocycles. The van der Waals surface area contributed by atoms with Gasteiger partial charge in [0.05, 0.1) is 11.4 Å². The van der Waals surface area contributed by atoms with E-state index in [9.17, 15) is 8.42 Å². The molecule has 0 aliphatic heterocycles. The Hall–Kier alpha value is -4.87. The summed E-state index contributed by atoms with van der Waals surface area (Å²) in [5, 5.41) is 16.7. The summed E-state index contributed by atoms with van der Waals surface area (Å²) in [5.41, 5.74) is 6.09. The average molecular weight is 664 g/mol. The van der Waals surface area contributed by atoms with Crippen molar-refractivity contribution in [3.8, 4) is 0 Å². The maximum Gasteiger partial charge on any atom is 0.260 e. The number of sulfone groups is 1. The van der Waals surface area contributed by atoms with Gasteiger partial charge in [0.25, 0.3) is 5.16 Å². The van der Waals surface area contributed by atoms with Crippen molar-refractivity contribution in [3.05, 3.63) is 97.1 Å². The molecule has 47 heavy (non-hydrogen) atoms. The molecule has 0 amide bonds. The normalized spacial score (nSPS) is 12.5. The van der Waals surface area contributed by atoms with Crippen molar-refractivity contribution in [1.82, 2.24) is 9.36 Å². The fourth-order valence-corrected chi connectivity index (χ4v) is 7.04. The van der Waals surface area contributed by atoms with Crippen LogP contribution in [0.2, 0.25) is 0 Å². The van der Waals surface area contributed by atoms with Crippen molar-refractivity contribution in [3.63, 3.8) is 0 Å². The van der Waals surface area contributed by atoms with E-state index in [1.807, 2.05) is 24.3 Å². The van der Waals surface area contributed by atoms with Crippen LogP contribution in [0.25, 0.3) is 21.5 Å². The first-order chi connectivity index (χ1) is 22.7. The second-order valence-corrected chi connectivity index (χ2v) is 14.3. The van der Waals surface area contributed by atoms with E-state index in [0.717, 1.165) is 57.2 Å². The molecule has 11 heteroatoms. The first-order valence-corrected chi connectivity index (χ1v) is 18.0. The summed E-state index contributed by atoms with van der Waals surface area (Å²) in [6.07, 6.45) is 1.05. The Morgan fingerprint density at radius 2 is 1.30 bits per heavy atom. The smallest absolute Gasteiger partial charge is 0.260 e. The predicted molar refractivity (Wildman–Crippen MR) is 196 cm³/mol. The van der Waals surface area contributed by atoms with Gasteiger partial charge in [0.1, 0.15) is 0 Å². The summed E-state index contributed by atoms with van der Waals surface area (Å²) in [4.78, 5) is 8.43. The highest BCUT2D eigenvalue weighted by molar-refractivity contribution is 7.91. The quantitative estimate of drug-likeness (QED) is 0.138. The third kappa shape index (κ3) is 6.54. The van der Waals surface area contributed by atoms with Crippen molar-refractivity contribution in [2.45, 2.75) is 38.4 Å². The summed E-state index contributed by atoms with van der Waals surface area (Å²) < 4.78 is 27.9. The molecule has 5 aromatic carbocycles. The molecule has 1 atom stereocenters. The van der Waals surface area contributed by atoms with Crippen LogP contribution in [0, 0.1) is 0 Å². The fourth-order valence-electron chi connectivity index (χ4n) is 5.53. The Kier molecular flexibility index (Phi) is 9.19. The number of fused-ring (bicyclic) bond motifs is 2. The Bertz CT molecular complexity index is 2180. The number of aromatic nitrogens is 2. The molecule has 240 valence electrons. The SMILES string of the molecule is CCC(C)Nc1ccc(N(C)c2ccc(N(C)c3ccc(N=Nc4nc(S(=O)(=O)CC)ns4)cc3)c3ccccc23)c2ccccc12. The molecular formula is C36H37N7O2S2. The van der Waals surface area contributed by atoms with Crippen molar-refractivity contribution < 1.29 is 8.42 Å². The van der Waals surface area contributed by atoms with E-state index in [1.54, 1.807) is 6.92 Å². The Balaban J connectivity index is 1.28. The van der Waals surface area contributed by atoms with Crippen LogP contribution in [0.5, 0.6) is 0 Å². The van der Waals surface area contributed by atoms with E-state index in [2.05, 4.69) is 135 Å². The molecule has 6 aromatic rings. The molecule has 0 bridgehead atoms. The summed E-state index contributed by atoms with van der Waals surface area (Å²) in [6.45, 7) is 5.96. The van der Waals surface area contributed by atoms with Gasteiger partial charge in [-0.1, -0.05) is 62.4 Å². The molecule has 1 unspecified atom stereocenters. The number of rotatable bonds is 11. The van der Waals surface area contributed by atoms with Crippen molar-refractivity contribution in [2.75, 3.05) is 35.0 Å². The lowest BCUT2D eigenvalue weighted by molar-refractivity contribution is 0.590. The minimum atomic E-state index is -3.48. The molecule has 9 nitrogen and oxygen atoms in total. The topological polar surface area (TPSA) is 103 Å². The van der Waals surface area contributed by atoms with Crippen LogP contribution in [-0.2, 0) is 9.84 Å². The van der Waals surface area contributed by atoms with E-state index in [-0.39, 0.29) is 16.0 Å². The molecular weight excluding hydrogens is 627 g/mol. The number of hydrogen-bond acceptors (Lipinski definition) is 10. The van der Waals surface area contributed by atoms with Gasteiger partial charge >= 0.3 is 0 Å². The molecule has 1 aromatic heterocycles. The molecule has 0 aliphatic rings. The lowest BCUT2D eigenvalue weighted by atomic mass is 10.0. The maximum absolute atomic E-state index is 12.0. The highest BCUT2D eigenvalue weighted by Gasteiger charge is 2.19. The molecule has 1 heterocycles. The number of nitrogens with one attached hydrogen (secondary N) is 1. The van der Waals surface area contributed by atoms with E-state index in [0.29, 0.717) is 11.7 Å². The first kappa shape index (κ1) is 32.1. The monoisotopic (exact) mass is 663 g/mol. The summed E-state index contributed by atoms with van der Waals surface area (Å²) >= 11 is 0.908. The highest BCUT2D eigenvalue weighted by Crippen LogP contribution is 2.41. The Morgan fingerprint density at radius 1 is 0.745 bits per heavy atom. The van der Waals surface area contributed by atoms with Gasteiger partial charge in [-0.05, 0) is 61.9 Å². The van der Waals surface area contributed by atoms with E-state index >= 15 is 0 Å². The van der Waals surface area contributed by atoms with Crippen molar-refractivity contribution in [2.24, 2.45) is 10.2 Å². The first-order valence-electron chi connectivity index (χ1n) is 15.6. The van der Waals surface area contributed by atoms with Gasteiger partial charge in [0.2, 0.25) is 15.0 Å². The van der Waals surface area contributed by atoms with Crippen LogP contribution < -0.4 is 15.1 Å². The maximum atomic E-state index is 12.0. The molecule has 6 rings (SSSR count). The zero-order valence-corrected chi connectivity index (χ0v) is 28.7. The van der Waals surface area contributed by atoms with E-state index in [1.165, 1.54) is 10.8 Å². The summed E-state index contributed by atoms with van der Waals surface area (Å²) in [7, 11) is 0.704. The standard InChI is InChI=1S/C36H37N7O2S2/c1-6-24(3)37-31-20-21-33(28-13-9-8-12-27(28)31)43(5)34-23-22-32(29-14-10-11-15-30(29)34)42(4)26-18-16-25(17-19-26)39-40-35-38-36(41-46-35)47(44,45)7-2/h8-24,37H,6-7H2,1-5H3. The lowest BCUT2D eigenvalue weighted by Gasteiger charge is -2.27. The lowest BCUT2D eigenvalue weighted by Crippen LogP contribution is -2.15. The van der Waals surface area contributed by atoms with E-state index < -0.39 is 9.84 Å². The fraction of sp³-hybridized carbons (Fsp3) is 0.222. The molecule has 0 fully saturated rings. The van der Waals surface area contributed by atoms with Crippen molar-refractivity contribution in [1.29, 1.82) is 0 Å². The number of azo groups is 1. The summed E-state index contributed by atoms with van der Waals surface area (Å²) in [6, 6.07) is 33.9. The second-order valence-electron chi connectivity index (χ2n) is 11.4. The molecule has 0 saturated heterocycles. The number of benzene rings is 5. The van der Waals surface area contributed by atoms with Gasteiger partial charge in [-0.15, -0.1) is 10.2 Å². The van der Waals surface area contributed by atoms with Gasteiger partial charge in [-0.25, -0.2) is 8.42 Å². The minimum Gasteiger partial charge on any atom is -0.382 e. The largest absolute Gasteiger partial charge is 0.382 e. The van der Waals surface area contributed by atoms with Gasteiger partial charge in [0.15, 0.2) is 0 Å².